The molecular formula is C26H25N3O3S. The van der Waals surface area contributed by atoms with Crippen LogP contribution in [0.2, 0.25) is 0 Å². The molecule has 0 bridgehead atoms. The van der Waals surface area contributed by atoms with E-state index in [0.29, 0.717) is 17.8 Å². The van der Waals surface area contributed by atoms with Crippen LogP contribution in [-0.4, -0.2) is 14.3 Å². The van der Waals surface area contributed by atoms with E-state index in [-0.39, 0.29) is 22.6 Å². The molecular weight excluding hydrogens is 434 g/mol. The first-order chi connectivity index (χ1) is 15.8. The molecule has 33 heavy (non-hydrogen) atoms. The van der Waals surface area contributed by atoms with Crippen LogP contribution >= 0.6 is 0 Å². The highest BCUT2D eigenvalue weighted by Crippen LogP contribution is 2.47. The van der Waals surface area contributed by atoms with Gasteiger partial charge in [0, 0.05) is 17.8 Å². The number of hydrogen-bond donors (Lipinski definition) is 2. The summed E-state index contributed by atoms with van der Waals surface area (Å²) in [5.74, 6) is -0.123. The molecule has 0 spiro atoms. The van der Waals surface area contributed by atoms with Gasteiger partial charge in [-0.2, -0.15) is 5.26 Å². The number of benzene rings is 3. The molecule has 0 aliphatic heterocycles. The van der Waals surface area contributed by atoms with E-state index in [1.807, 2.05) is 43.3 Å². The Hall–Kier alpha value is -3.63. The number of nitrogens with one attached hydrogen (secondary N) is 2. The molecule has 1 amide bonds. The zero-order valence-electron chi connectivity index (χ0n) is 18.3. The normalized spacial score (nSPS) is 14.2. The summed E-state index contributed by atoms with van der Waals surface area (Å²) in [4.78, 5) is 12.5. The Labute approximate surface area is 194 Å². The second kappa shape index (κ2) is 9.08. The van der Waals surface area contributed by atoms with E-state index >= 15 is 0 Å². The van der Waals surface area contributed by atoms with E-state index in [9.17, 15) is 18.5 Å². The maximum absolute atomic E-state index is 12.6. The third-order valence-corrected chi connectivity index (χ3v) is 7.26. The monoisotopic (exact) mass is 459 g/mol. The zero-order chi connectivity index (χ0) is 23.5. The summed E-state index contributed by atoms with van der Waals surface area (Å²) in [6.07, 6.45) is 2.54. The first-order valence-corrected chi connectivity index (χ1v) is 12.3. The van der Waals surface area contributed by atoms with Crippen LogP contribution in [0.5, 0.6) is 0 Å². The van der Waals surface area contributed by atoms with Crippen LogP contribution in [0.3, 0.4) is 0 Å². The van der Waals surface area contributed by atoms with Crippen molar-refractivity contribution in [1.29, 1.82) is 5.26 Å². The summed E-state index contributed by atoms with van der Waals surface area (Å²) in [6.45, 7) is 1.94. The van der Waals surface area contributed by atoms with E-state index in [0.717, 1.165) is 29.5 Å². The van der Waals surface area contributed by atoms with Crippen LogP contribution in [0.25, 0.3) is 0 Å². The van der Waals surface area contributed by atoms with Gasteiger partial charge in [-0.3, -0.25) is 9.52 Å². The predicted octanol–water partition coefficient (Wildman–Crippen LogP) is 4.92. The van der Waals surface area contributed by atoms with Crippen LogP contribution in [0.1, 0.15) is 36.0 Å². The van der Waals surface area contributed by atoms with Crippen molar-refractivity contribution in [2.45, 2.75) is 42.9 Å². The maximum atomic E-state index is 12.6. The Morgan fingerprint density at radius 2 is 1.55 bits per heavy atom. The molecule has 2 N–H and O–H groups in total. The van der Waals surface area contributed by atoms with Gasteiger partial charge < -0.3 is 5.32 Å². The number of sulfonamides is 1. The number of nitrogens with zero attached hydrogens (tertiary/aromatic N) is 1. The SMILES string of the molecule is Cc1ccc(NS(=O)(=O)c2ccc(CCC(=O)Nc3ccc(C4(C#N)CC4)cc3)cc2)cc1. The van der Waals surface area contributed by atoms with Gasteiger partial charge in [0.05, 0.1) is 16.4 Å². The number of anilines is 2. The van der Waals surface area contributed by atoms with Crippen LogP contribution in [0.15, 0.2) is 77.7 Å². The minimum absolute atomic E-state index is 0.123. The number of rotatable bonds is 8. The van der Waals surface area contributed by atoms with Gasteiger partial charge in [0.2, 0.25) is 5.91 Å². The molecule has 3 aromatic carbocycles. The Morgan fingerprint density at radius 1 is 0.939 bits per heavy atom. The molecule has 0 atom stereocenters. The zero-order valence-corrected chi connectivity index (χ0v) is 19.2. The van der Waals surface area contributed by atoms with Crippen LogP contribution in [0, 0.1) is 18.3 Å². The van der Waals surface area contributed by atoms with E-state index in [1.54, 1.807) is 36.4 Å². The lowest BCUT2D eigenvalue weighted by Crippen LogP contribution is -2.14. The minimum Gasteiger partial charge on any atom is -0.326 e. The molecule has 1 aliphatic rings. The lowest BCUT2D eigenvalue weighted by atomic mass is 9.98. The number of nitriles is 1. The van der Waals surface area contributed by atoms with Crippen LogP contribution in [-0.2, 0) is 26.7 Å². The average Bonchev–Trinajstić information content (AvgIpc) is 3.61. The fraction of sp³-hybridized carbons (Fsp3) is 0.231. The molecule has 0 radical (unpaired) electrons. The van der Waals surface area contributed by atoms with E-state index in [1.165, 1.54) is 0 Å². The van der Waals surface area contributed by atoms with Crippen molar-refractivity contribution < 1.29 is 13.2 Å². The summed E-state index contributed by atoms with van der Waals surface area (Å²) in [5.41, 5.74) is 3.79. The van der Waals surface area contributed by atoms with Gasteiger partial charge in [0.25, 0.3) is 10.0 Å². The second-order valence-electron chi connectivity index (χ2n) is 8.43. The summed E-state index contributed by atoms with van der Waals surface area (Å²) in [7, 11) is -3.68. The van der Waals surface area contributed by atoms with Crippen molar-refractivity contribution in [3.8, 4) is 6.07 Å². The molecule has 6 nitrogen and oxygen atoms in total. The van der Waals surface area contributed by atoms with Gasteiger partial charge in [-0.05, 0) is 73.7 Å². The third kappa shape index (κ3) is 5.41. The highest BCUT2D eigenvalue weighted by molar-refractivity contribution is 7.92. The first kappa shape index (κ1) is 22.6. The smallest absolute Gasteiger partial charge is 0.261 e. The molecule has 1 fully saturated rings. The molecule has 1 aliphatic carbocycles. The molecule has 3 aromatic rings. The summed E-state index contributed by atoms with van der Waals surface area (Å²) in [6, 6.07) is 23.5. The first-order valence-electron chi connectivity index (χ1n) is 10.8. The van der Waals surface area contributed by atoms with Gasteiger partial charge in [-0.1, -0.05) is 42.0 Å². The van der Waals surface area contributed by atoms with E-state index in [4.69, 9.17) is 0 Å². The van der Waals surface area contributed by atoms with Gasteiger partial charge in [-0.25, -0.2) is 8.42 Å². The number of amides is 1. The number of aryl methyl sites for hydroxylation is 2. The minimum atomic E-state index is -3.68. The molecule has 0 heterocycles. The van der Waals surface area contributed by atoms with E-state index in [2.05, 4.69) is 16.1 Å². The Kier molecular flexibility index (Phi) is 6.21. The van der Waals surface area contributed by atoms with Crippen molar-refractivity contribution in [3.63, 3.8) is 0 Å². The largest absolute Gasteiger partial charge is 0.326 e. The maximum Gasteiger partial charge on any atom is 0.261 e. The Morgan fingerprint density at radius 3 is 2.12 bits per heavy atom. The summed E-state index contributed by atoms with van der Waals surface area (Å²) >= 11 is 0. The predicted molar refractivity (Wildman–Crippen MR) is 128 cm³/mol. The lowest BCUT2D eigenvalue weighted by Gasteiger charge is -2.10. The molecule has 0 unspecified atom stereocenters. The topological polar surface area (TPSA) is 99.1 Å². The van der Waals surface area contributed by atoms with Gasteiger partial charge in [-0.15, -0.1) is 0 Å². The summed E-state index contributed by atoms with van der Waals surface area (Å²) < 4.78 is 27.7. The highest BCUT2D eigenvalue weighted by atomic mass is 32.2. The van der Waals surface area contributed by atoms with Crippen molar-refractivity contribution in [2.24, 2.45) is 0 Å². The average molecular weight is 460 g/mol. The standard InChI is InChI=1S/C26H25N3O3S/c1-19-2-9-23(10-3-19)29-33(31,32)24-13-4-20(5-14-24)6-15-25(30)28-22-11-7-21(8-12-22)26(18-27)16-17-26/h2-5,7-14,29H,6,15-17H2,1H3,(H,28,30). The number of carbonyl (C=O) groups is 1. The summed E-state index contributed by atoms with van der Waals surface area (Å²) in [5, 5.41) is 12.2. The van der Waals surface area contributed by atoms with Gasteiger partial charge >= 0.3 is 0 Å². The van der Waals surface area contributed by atoms with Crippen molar-refractivity contribution in [3.05, 3.63) is 89.5 Å². The lowest BCUT2D eigenvalue weighted by molar-refractivity contribution is -0.116. The second-order valence-corrected chi connectivity index (χ2v) is 10.1. The fourth-order valence-electron chi connectivity index (χ4n) is 3.61. The van der Waals surface area contributed by atoms with Crippen LogP contribution in [0.4, 0.5) is 11.4 Å². The van der Waals surface area contributed by atoms with Crippen molar-refractivity contribution in [1.82, 2.24) is 0 Å². The molecule has 4 rings (SSSR count). The number of hydrogen-bond acceptors (Lipinski definition) is 4. The third-order valence-electron chi connectivity index (χ3n) is 5.86. The molecule has 0 aromatic heterocycles. The van der Waals surface area contributed by atoms with Gasteiger partial charge in [0.1, 0.15) is 0 Å². The van der Waals surface area contributed by atoms with Crippen molar-refractivity contribution in [2.75, 3.05) is 10.0 Å². The van der Waals surface area contributed by atoms with Crippen LogP contribution < -0.4 is 10.0 Å². The Balaban J connectivity index is 1.30. The Bertz CT molecular complexity index is 1290. The van der Waals surface area contributed by atoms with Crippen molar-refractivity contribution >= 4 is 27.3 Å². The molecule has 7 heteroatoms. The van der Waals surface area contributed by atoms with E-state index < -0.39 is 10.0 Å². The molecule has 0 saturated heterocycles. The fourth-order valence-corrected chi connectivity index (χ4v) is 4.67. The number of carbonyl (C=O) groups excluding carboxylic acids is 1. The molecule has 168 valence electrons. The molecule has 1 saturated carbocycles. The quantitative estimate of drug-likeness (QED) is 0.499. The van der Waals surface area contributed by atoms with Gasteiger partial charge in [0.15, 0.2) is 0 Å². The highest BCUT2D eigenvalue weighted by Gasteiger charge is 2.44.